The molecular weight excluding hydrogens is 294 g/mol. The van der Waals surface area contributed by atoms with Crippen LogP contribution in [0.15, 0.2) is 42.7 Å². The summed E-state index contributed by atoms with van der Waals surface area (Å²) in [5, 5.41) is 0.823. The smallest absolute Gasteiger partial charge is 0.0409 e. The molecule has 1 aromatic heterocycles. The maximum Gasteiger partial charge on any atom is 0.0409 e. The molecule has 0 radical (unpaired) electrons. The predicted octanol–water partition coefficient (Wildman–Crippen LogP) is 3.36. The molecule has 0 N–H and O–H groups in total. The fourth-order valence-electron chi connectivity index (χ4n) is 2.92. The van der Waals surface area contributed by atoms with E-state index in [1.165, 1.54) is 16.7 Å². The third-order valence-corrected chi connectivity index (χ3v) is 4.53. The van der Waals surface area contributed by atoms with E-state index in [2.05, 4.69) is 39.9 Å². The molecule has 0 bridgehead atoms. The van der Waals surface area contributed by atoms with Crippen LogP contribution >= 0.6 is 11.6 Å². The summed E-state index contributed by atoms with van der Waals surface area (Å²) in [5.41, 5.74) is 3.97. The van der Waals surface area contributed by atoms with Crippen LogP contribution in [0.2, 0.25) is 5.02 Å². The van der Waals surface area contributed by atoms with Crippen molar-refractivity contribution in [2.75, 3.05) is 26.2 Å². The minimum absolute atomic E-state index is 0.823. The first-order chi connectivity index (χ1) is 10.7. The molecule has 0 atom stereocenters. The third kappa shape index (κ3) is 4.07. The standard InChI is InChI=1S/C18H22ClN3/c1-15-12-20-6-5-17(15)14-22-9-7-21(8-10-22)13-16-3-2-4-18(19)11-16/h2-6,11-12H,7-10,13-14H2,1H3. The highest BCUT2D eigenvalue weighted by Gasteiger charge is 2.17. The van der Waals surface area contributed by atoms with Crippen molar-refractivity contribution in [1.82, 2.24) is 14.8 Å². The topological polar surface area (TPSA) is 19.4 Å². The van der Waals surface area contributed by atoms with E-state index in [4.69, 9.17) is 11.6 Å². The quantitative estimate of drug-likeness (QED) is 0.862. The minimum Gasteiger partial charge on any atom is -0.297 e. The van der Waals surface area contributed by atoms with Gasteiger partial charge in [0.2, 0.25) is 0 Å². The molecule has 1 aliphatic rings. The maximum absolute atomic E-state index is 6.06. The van der Waals surface area contributed by atoms with E-state index in [9.17, 15) is 0 Å². The average Bonchev–Trinajstić information content (AvgIpc) is 2.52. The number of piperazine rings is 1. The van der Waals surface area contributed by atoms with Crippen LogP contribution in [0.3, 0.4) is 0 Å². The molecule has 3 rings (SSSR count). The number of aryl methyl sites for hydroxylation is 1. The molecule has 2 heterocycles. The maximum atomic E-state index is 6.06. The summed E-state index contributed by atoms with van der Waals surface area (Å²) in [7, 11) is 0. The van der Waals surface area contributed by atoms with Gasteiger partial charge in [0.15, 0.2) is 0 Å². The molecule has 0 aliphatic carbocycles. The number of rotatable bonds is 4. The van der Waals surface area contributed by atoms with Crippen LogP contribution in [0.1, 0.15) is 16.7 Å². The Labute approximate surface area is 137 Å². The van der Waals surface area contributed by atoms with Gasteiger partial charge in [0.1, 0.15) is 0 Å². The number of halogens is 1. The van der Waals surface area contributed by atoms with Crippen molar-refractivity contribution in [3.63, 3.8) is 0 Å². The van der Waals surface area contributed by atoms with Crippen LogP contribution in [0.5, 0.6) is 0 Å². The molecule has 0 unspecified atom stereocenters. The van der Waals surface area contributed by atoms with Gasteiger partial charge in [-0.05, 0) is 41.8 Å². The first-order valence-corrected chi connectivity index (χ1v) is 8.17. The average molecular weight is 316 g/mol. The first kappa shape index (κ1) is 15.5. The van der Waals surface area contributed by atoms with Crippen LogP contribution in [-0.4, -0.2) is 41.0 Å². The minimum atomic E-state index is 0.823. The Kier molecular flexibility index (Phi) is 5.08. The van der Waals surface area contributed by atoms with Crippen LogP contribution in [0.4, 0.5) is 0 Å². The van der Waals surface area contributed by atoms with Crippen molar-refractivity contribution in [1.29, 1.82) is 0 Å². The first-order valence-electron chi connectivity index (χ1n) is 7.79. The van der Waals surface area contributed by atoms with E-state index in [-0.39, 0.29) is 0 Å². The lowest BCUT2D eigenvalue weighted by atomic mass is 10.1. The van der Waals surface area contributed by atoms with Gasteiger partial charge in [-0.15, -0.1) is 0 Å². The van der Waals surface area contributed by atoms with Crippen molar-refractivity contribution >= 4 is 11.6 Å². The van der Waals surface area contributed by atoms with Crippen molar-refractivity contribution in [2.45, 2.75) is 20.0 Å². The molecule has 22 heavy (non-hydrogen) atoms. The monoisotopic (exact) mass is 315 g/mol. The Balaban J connectivity index is 1.51. The highest BCUT2D eigenvalue weighted by molar-refractivity contribution is 6.30. The van der Waals surface area contributed by atoms with E-state index in [1.807, 2.05) is 24.5 Å². The zero-order valence-electron chi connectivity index (χ0n) is 13.0. The van der Waals surface area contributed by atoms with Gasteiger partial charge in [-0.3, -0.25) is 14.8 Å². The Morgan fingerprint density at radius 3 is 2.45 bits per heavy atom. The van der Waals surface area contributed by atoms with Gasteiger partial charge < -0.3 is 0 Å². The van der Waals surface area contributed by atoms with E-state index in [0.29, 0.717) is 0 Å². The number of benzene rings is 1. The van der Waals surface area contributed by atoms with Gasteiger partial charge in [0.05, 0.1) is 0 Å². The van der Waals surface area contributed by atoms with Gasteiger partial charge in [-0.25, -0.2) is 0 Å². The molecule has 1 fully saturated rings. The van der Waals surface area contributed by atoms with E-state index in [1.54, 1.807) is 0 Å². The van der Waals surface area contributed by atoms with E-state index >= 15 is 0 Å². The SMILES string of the molecule is Cc1cnccc1CN1CCN(Cc2cccc(Cl)c2)CC1. The summed E-state index contributed by atoms with van der Waals surface area (Å²) in [6, 6.07) is 10.3. The van der Waals surface area contributed by atoms with Crippen LogP contribution in [0, 0.1) is 6.92 Å². The zero-order chi connectivity index (χ0) is 15.4. The van der Waals surface area contributed by atoms with Gasteiger partial charge in [0, 0.05) is 56.7 Å². The van der Waals surface area contributed by atoms with E-state index < -0.39 is 0 Å². The third-order valence-electron chi connectivity index (χ3n) is 4.29. The highest BCUT2D eigenvalue weighted by Crippen LogP contribution is 2.15. The van der Waals surface area contributed by atoms with Crippen LogP contribution in [-0.2, 0) is 13.1 Å². The molecule has 0 spiro atoms. The number of nitrogens with zero attached hydrogens (tertiary/aromatic N) is 3. The van der Waals surface area contributed by atoms with Gasteiger partial charge in [-0.1, -0.05) is 23.7 Å². The van der Waals surface area contributed by atoms with Crippen molar-refractivity contribution < 1.29 is 0 Å². The number of hydrogen-bond donors (Lipinski definition) is 0. The Morgan fingerprint density at radius 2 is 1.77 bits per heavy atom. The van der Waals surface area contributed by atoms with Gasteiger partial charge in [-0.2, -0.15) is 0 Å². The Morgan fingerprint density at radius 1 is 1.05 bits per heavy atom. The van der Waals surface area contributed by atoms with Crippen molar-refractivity contribution in [3.05, 3.63) is 64.4 Å². The Bertz CT molecular complexity index is 621. The highest BCUT2D eigenvalue weighted by atomic mass is 35.5. The lowest BCUT2D eigenvalue weighted by molar-refractivity contribution is 0.122. The van der Waals surface area contributed by atoms with E-state index in [0.717, 1.165) is 44.3 Å². The molecule has 116 valence electrons. The van der Waals surface area contributed by atoms with Gasteiger partial charge in [0.25, 0.3) is 0 Å². The van der Waals surface area contributed by atoms with Crippen molar-refractivity contribution in [3.8, 4) is 0 Å². The summed E-state index contributed by atoms with van der Waals surface area (Å²) >= 11 is 6.06. The molecular formula is C18H22ClN3. The Hall–Kier alpha value is -1.42. The normalized spacial score (nSPS) is 16.8. The number of hydrogen-bond acceptors (Lipinski definition) is 3. The summed E-state index contributed by atoms with van der Waals surface area (Å²) < 4.78 is 0. The molecule has 4 heteroatoms. The second kappa shape index (κ2) is 7.23. The molecule has 2 aromatic rings. The fraction of sp³-hybridized carbons (Fsp3) is 0.389. The second-order valence-corrected chi connectivity index (χ2v) is 6.42. The lowest BCUT2D eigenvalue weighted by Gasteiger charge is -2.35. The molecule has 1 aromatic carbocycles. The zero-order valence-corrected chi connectivity index (χ0v) is 13.8. The van der Waals surface area contributed by atoms with Gasteiger partial charge >= 0.3 is 0 Å². The molecule has 1 saturated heterocycles. The summed E-state index contributed by atoms with van der Waals surface area (Å²) in [5.74, 6) is 0. The molecule has 1 aliphatic heterocycles. The summed E-state index contributed by atoms with van der Waals surface area (Å²) in [6.07, 6.45) is 3.84. The largest absolute Gasteiger partial charge is 0.297 e. The number of aromatic nitrogens is 1. The molecule has 0 amide bonds. The molecule has 3 nitrogen and oxygen atoms in total. The summed E-state index contributed by atoms with van der Waals surface area (Å²) in [4.78, 5) is 9.19. The predicted molar refractivity (Wildman–Crippen MR) is 91.0 cm³/mol. The lowest BCUT2D eigenvalue weighted by Crippen LogP contribution is -2.45. The van der Waals surface area contributed by atoms with Crippen LogP contribution in [0.25, 0.3) is 0 Å². The van der Waals surface area contributed by atoms with Crippen LogP contribution < -0.4 is 0 Å². The second-order valence-electron chi connectivity index (χ2n) is 5.98. The number of pyridine rings is 1. The summed E-state index contributed by atoms with van der Waals surface area (Å²) in [6.45, 7) is 8.59. The fourth-order valence-corrected chi connectivity index (χ4v) is 3.13. The molecule has 0 saturated carbocycles. The van der Waals surface area contributed by atoms with Crippen molar-refractivity contribution in [2.24, 2.45) is 0 Å².